The van der Waals surface area contributed by atoms with Gasteiger partial charge in [-0.2, -0.15) is 0 Å². The van der Waals surface area contributed by atoms with Crippen molar-refractivity contribution in [3.8, 4) is 0 Å². The standard InChI is InChI=1S/C22H24N2O3/c25-22-19(16-17-6-2-1-3-7-17)21(18-8-4-5-9-20(18)27-22)23-10-11-24-12-14-26-15-13-24/h1-9,23H,10-16H2. The van der Waals surface area contributed by atoms with Crippen molar-refractivity contribution >= 4 is 16.7 Å². The minimum Gasteiger partial charge on any atom is -0.422 e. The molecule has 3 aromatic rings. The fraction of sp³-hybridized carbons (Fsp3) is 0.318. The average Bonchev–Trinajstić information content (AvgIpc) is 2.72. The van der Waals surface area contributed by atoms with Crippen molar-refractivity contribution in [1.29, 1.82) is 0 Å². The number of hydrogen-bond acceptors (Lipinski definition) is 5. The zero-order valence-corrected chi connectivity index (χ0v) is 15.3. The van der Waals surface area contributed by atoms with Crippen LogP contribution >= 0.6 is 0 Å². The molecule has 0 spiro atoms. The second-order valence-corrected chi connectivity index (χ2v) is 6.78. The molecule has 0 atom stereocenters. The predicted octanol–water partition coefficient (Wildman–Crippen LogP) is 3.13. The van der Waals surface area contributed by atoms with E-state index < -0.39 is 0 Å². The molecule has 2 heterocycles. The summed E-state index contributed by atoms with van der Waals surface area (Å²) in [4.78, 5) is 15.1. The minimum atomic E-state index is -0.272. The molecule has 0 aliphatic carbocycles. The molecule has 5 heteroatoms. The van der Waals surface area contributed by atoms with Crippen LogP contribution in [-0.2, 0) is 11.2 Å². The number of para-hydroxylation sites is 1. The highest BCUT2D eigenvalue weighted by Crippen LogP contribution is 2.26. The molecule has 1 fully saturated rings. The van der Waals surface area contributed by atoms with Crippen LogP contribution in [0.3, 0.4) is 0 Å². The maximum absolute atomic E-state index is 12.7. The van der Waals surface area contributed by atoms with Crippen LogP contribution in [0, 0.1) is 0 Å². The Morgan fingerprint density at radius 3 is 2.52 bits per heavy atom. The lowest BCUT2D eigenvalue weighted by atomic mass is 10.0. The Morgan fingerprint density at radius 2 is 1.70 bits per heavy atom. The molecule has 5 nitrogen and oxygen atoms in total. The predicted molar refractivity (Wildman–Crippen MR) is 107 cm³/mol. The SMILES string of the molecule is O=c1oc2ccccc2c(NCCN2CCOCC2)c1Cc1ccccc1. The van der Waals surface area contributed by atoms with Crippen molar-refractivity contribution < 1.29 is 9.15 Å². The zero-order valence-electron chi connectivity index (χ0n) is 15.3. The van der Waals surface area contributed by atoms with Gasteiger partial charge in [0, 0.05) is 38.0 Å². The Balaban J connectivity index is 1.62. The van der Waals surface area contributed by atoms with Gasteiger partial charge < -0.3 is 14.5 Å². The second kappa shape index (κ2) is 8.37. The highest BCUT2D eigenvalue weighted by molar-refractivity contribution is 5.91. The van der Waals surface area contributed by atoms with E-state index in [2.05, 4.69) is 10.2 Å². The summed E-state index contributed by atoms with van der Waals surface area (Å²) in [6.07, 6.45) is 0.549. The first-order valence-corrected chi connectivity index (χ1v) is 9.44. The Morgan fingerprint density at radius 1 is 0.963 bits per heavy atom. The van der Waals surface area contributed by atoms with Gasteiger partial charge >= 0.3 is 5.63 Å². The van der Waals surface area contributed by atoms with E-state index in [9.17, 15) is 4.79 Å². The quantitative estimate of drug-likeness (QED) is 0.681. The third-order valence-corrected chi connectivity index (χ3v) is 4.96. The number of morpholine rings is 1. The Hall–Kier alpha value is -2.63. The molecule has 1 aromatic heterocycles. The molecule has 0 radical (unpaired) electrons. The summed E-state index contributed by atoms with van der Waals surface area (Å²) in [5.41, 5.74) is 3.01. The van der Waals surface area contributed by atoms with E-state index in [4.69, 9.17) is 9.15 Å². The van der Waals surface area contributed by atoms with Gasteiger partial charge in [0.2, 0.25) is 0 Å². The molecule has 1 aliphatic rings. The van der Waals surface area contributed by atoms with Crippen LogP contribution in [0.25, 0.3) is 11.0 Å². The summed E-state index contributed by atoms with van der Waals surface area (Å²) in [5.74, 6) is 0. The van der Waals surface area contributed by atoms with Crippen molar-refractivity contribution in [3.05, 3.63) is 76.1 Å². The molecular weight excluding hydrogens is 340 g/mol. The number of fused-ring (bicyclic) bond motifs is 1. The summed E-state index contributed by atoms with van der Waals surface area (Å²) in [7, 11) is 0. The normalized spacial score (nSPS) is 15.1. The van der Waals surface area contributed by atoms with Crippen molar-refractivity contribution in [2.24, 2.45) is 0 Å². The van der Waals surface area contributed by atoms with E-state index >= 15 is 0 Å². The highest BCUT2D eigenvalue weighted by Gasteiger charge is 2.16. The van der Waals surface area contributed by atoms with Gasteiger partial charge in [-0.05, 0) is 17.7 Å². The van der Waals surface area contributed by atoms with Gasteiger partial charge in [-0.25, -0.2) is 4.79 Å². The van der Waals surface area contributed by atoms with Crippen LogP contribution in [-0.4, -0.2) is 44.3 Å². The summed E-state index contributed by atoms with van der Waals surface area (Å²) >= 11 is 0. The van der Waals surface area contributed by atoms with Gasteiger partial charge in [0.1, 0.15) is 5.58 Å². The molecule has 4 rings (SSSR count). The maximum atomic E-state index is 12.7. The number of nitrogens with one attached hydrogen (secondary N) is 1. The third-order valence-electron chi connectivity index (χ3n) is 4.96. The lowest BCUT2D eigenvalue weighted by Gasteiger charge is -2.27. The van der Waals surface area contributed by atoms with Crippen LogP contribution in [0.4, 0.5) is 5.69 Å². The Labute approximate surface area is 158 Å². The first kappa shape index (κ1) is 17.8. The first-order valence-electron chi connectivity index (χ1n) is 9.44. The third kappa shape index (κ3) is 4.21. The molecule has 0 amide bonds. The summed E-state index contributed by atoms with van der Waals surface area (Å²) < 4.78 is 11.0. The monoisotopic (exact) mass is 364 g/mol. The van der Waals surface area contributed by atoms with Crippen molar-refractivity contribution in [2.75, 3.05) is 44.7 Å². The van der Waals surface area contributed by atoms with E-state index in [-0.39, 0.29) is 5.63 Å². The molecule has 0 bridgehead atoms. The summed E-state index contributed by atoms with van der Waals surface area (Å²) in [5, 5.41) is 4.47. The molecule has 1 aliphatic heterocycles. The van der Waals surface area contributed by atoms with Crippen molar-refractivity contribution in [3.63, 3.8) is 0 Å². The van der Waals surface area contributed by atoms with E-state index in [0.717, 1.165) is 56.0 Å². The van der Waals surface area contributed by atoms with Gasteiger partial charge in [0.25, 0.3) is 0 Å². The van der Waals surface area contributed by atoms with Crippen molar-refractivity contribution in [2.45, 2.75) is 6.42 Å². The molecule has 1 N–H and O–H groups in total. The molecule has 0 saturated carbocycles. The average molecular weight is 364 g/mol. The molecule has 0 unspecified atom stereocenters. The fourth-order valence-corrected chi connectivity index (χ4v) is 3.51. The molecule has 27 heavy (non-hydrogen) atoms. The number of ether oxygens (including phenoxy) is 1. The van der Waals surface area contributed by atoms with Gasteiger partial charge in [0.05, 0.1) is 24.5 Å². The smallest absolute Gasteiger partial charge is 0.341 e. The van der Waals surface area contributed by atoms with E-state index in [1.165, 1.54) is 0 Å². The van der Waals surface area contributed by atoms with Gasteiger partial charge in [-0.3, -0.25) is 4.90 Å². The number of anilines is 1. The Bertz CT molecular complexity index is 947. The number of benzene rings is 2. The maximum Gasteiger partial charge on any atom is 0.341 e. The molecule has 2 aromatic carbocycles. The number of nitrogens with zero attached hydrogens (tertiary/aromatic N) is 1. The van der Waals surface area contributed by atoms with E-state index in [0.29, 0.717) is 17.6 Å². The molecule has 140 valence electrons. The molecule has 1 saturated heterocycles. The minimum absolute atomic E-state index is 0.272. The van der Waals surface area contributed by atoms with Crippen molar-refractivity contribution in [1.82, 2.24) is 4.90 Å². The first-order chi connectivity index (χ1) is 13.3. The summed E-state index contributed by atoms with van der Waals surface area (Å²) in [6.45, 7) is 5.18. The van der Waals surface area contributed by atoms with Crippen LogP contribution < -0.4 is 10.9 Å². The van der Waals surface area contributed by atoms with Crippen LogP contribution in [0.15, 0.2) is 63.8 Å². The topological polar surface area (TPSA) is 54.7 Å². The molecular formula is C22H24N2O3. The lowest BCUT2D eigenvalue weighted by molar-refractivity contribution is 0.0398. The van der Waals surface area contributed by atoms with Crippen LogP contribution in [0.1, 0.15) is 11.1 Å². The zero-order chi connectivity index (χ0) is 18.5. The van der Waals surface area contributed by atoms with Crippen LogP contribution in [0.5, 0.6) is 0 Å². The Kier molecular flexibility index (Phi) is 5.51. The van der Waals surface area contributed by atoms with Gasteiger partial charge in [-0.15, -0.1) is 0 Å². The second-order valence-electron chi connectivity index (χ2n) is 6.78. The van der Waals surface area contributed by atoms with E-state index in [1.807, 2.05) is 54.6 Å². The fourth-order valence-electron chi connectivity index (χ4n) is 3.51. The van der Waals surface area contributed by atoms with Crippen LogP contribution in [0.2, 0.25) is 0 Å². The summed E-state index contributed by atoms with van der Waals surface area (Å²) in [6, 6.07) is 17.7. The van der Waals surface area contributed by atoms with E-state index in [1.54, 1.807) is 0 Å². The largest absolute Gasteiger partial charge is 0.422 e. The van der Waals surface area contributed by atoms with Gasteiger partial charge in [-0.1, -0.05) is 42.5 Å². The number of hydrogen-bond donors (Lipinski definition) is 1. The number of rotatable bonds is 6. The van der Waals surface area contributed by atoms with Gasteiger partial charge in [0.15, 0.2) is 0 Å². The highest BCUT2D eigenvalue weighted by atomic mass is 16.5. The lowest BCUT2D eigenvalue weighted by Crippen LogP contribution is -2.39.